The van der Waals surface area contributed by atoms with Gasteiger partial charge in [0, 0.05) is 23.1 Å². The summed E-state index contributed by atoms with van der Waals surface area (Å²) in [6.07, 6.45) is 1.66. The van der Waals surface area contributed by atoms with Crippen LogP contribution in [0.4, 0.5) is 0 Å². The van der Waals surface area contributed by atoms with Crippen molar-refractivity contribution in [1.82, 2.24) is 4.57 Å². The number of benzene rings is 1. The third-order valence-electron chi connectivity index (χ3n) is 4.49. The summed E-state index contributed by atoms with van der Waals surface area (Å²) in [7, 11) is 0. The fourth-order valence-corrected chi connectivity index (χ4v) is 3.88. The minimum absolute atomic E-state index is 0.128. The summed E-state index contributed by atoms with van der Waals surface area (Å²) >= 11 is 1.33. The molecule has 0 saturated heterocycles. The van der Waals surface area contributed by atoms with E-state index in [1.54, 1.807) is 18.2 Å². The highest BCUT2D eigenvalue weighted by Crippen LogP contribution is 2.35. The zero-order chi connectivity index (χ0) is 19.0. The second kappa shape index (κ2) is 6.78. The van der Waals surface area contributed by atoms with Gasteiger partial charge in [-0.05, 0) is 55.1 Å². The molecule has 27 heavy (non-hydrogen) atoms. The van der Waals surface area contributed by atoms with Crippen LogP contribution in [0.25, 0.3) is 11.8 Å². The van der Waals surface area contributed by atoms with Crippen molar-refractivity contribution in [2.75, 3.05) is 6.79 Å². The van der Waals surface area contributed by atoms with Crippen LogP contribution in [-0.4, -0.2) is 17.1 Å². The number of ether oxygens (including phenoxy) is 2. The van der Waals surface area contributed by atoms with Gasteiger partial charge in [-0.15, -0.1) is 11.3 Å². The summed E-state index contributed by atoms with van der Waals surface area (Å²) < 4.78 is 12.9. The Morgan fingerprint density at radius 2 is 2.04 bits per heavy atom. The molecule has 0 spiro atoms. The predicted molar refractivity (Wildman–Crippen MR) is 104 cm³/mol. The normalized spacial score (nSPS) is 12.9. The number of aromatic nitrogens is 1. The second-order valence-electron chi connectivity index (χ2n) is 6.18. The highest BCUT2D eigenvalue weighted by atomic mass is 32.1. The summed E-state index contributed by atoms with van der Waals surface area (Å²) in [6.45, 7) is 4.18. The SMILES string of the molecule is Cc1cc(/C=C(\C#N)C(=O)c2cccs2)c(C)n1-c1ccc2c(c1)OCO2. The van der Waals surface area contributed by atoms with E-state index in [0.717, 1.165) is 28.4 Å². The number of thiophene rings is 1. The van der Waals surface area contributed by atoms with E-state index in [4.69, 9.17) is 9.47 Å². The smallest absolute Gasteiger partial charge is 0.231 e. The van der Waals surface area contributed by atoms with Crippen LogP contribution in [0.1, 0.15) is 26.6 Å². The summed E-state index contributed by atoms with van der Waals surface area (Å²) in [5, 5.41) is 11.3. The standard InChI is InChI=1S/C21H16N2O3S/c1-13-8-15(9-16(11-22)21(24)20-4-3-7-27-20)14(2)23(13)17-5-6-18-19(10-17)26-12-25-18/h3-10H,12H2,1-2H3/b16-9+. The first kappa shape index (κ1) is 17.1. The van der Waals surface area contributed by atoms with Crippen LogP contribution < -0.4 is 9.47 Å². The monoisotopic (exact) mass is 376 g/mol. The minimum atomic E-state index is -0.250. The van der Waals surface area contributed by atoms with Crippen molar-refractivity contribution in [3.8, 4) is 23.3 Å². The van der Waals surface area contributed by atoms with Gasteiger partial charge in [-0.2, -0.15) is 5.26 Å². The molecule has 4 rings (SSSR count). The van der Waals surface area contributed by atoms with Crippen molar-refractivity contribution in [1.29, 1.82) is 5.26 Å². The first-order chi connectivity index (χ1) is 13.1. The molecule has 0 saturated carbocycles. The molecule has 0 amide bonds. The molecular weight excluding hydrogens is 360 g/mol. The van der Waals surface area contributed by atoms with Gasteiger partial charge < -0.3 is 14.0 Å². The van der Waals surface area contributed by atoms with Crippen molar-refractivity contribution in [3.63, 3.8) is 0 Å². The van der Waals surface area contributed by atoms with Crippen LogP contribution in [0.5, 0.6) is 11.5 Å². The van der Waals surface area contributed by atoms with Crippen LogP contribution in [0.2, 0.25) is 0 Å². The van der Waals surface area contributed by atoms with E-state index in [0.29, 0.717) is 10.6 Å². The molecule has 0 unspecified atom stereocenters. The van der Waals surface area contributed by atoms with Crippen molar-refractivity contribution in [3.05, 3.63) is 69.2 Å². The van der Waals surface area contributed by atoms with Gasteiger partial charge in [0.15, 0.2) is 11.5 Å². The lowest BCUT2D eigenvalue weighted by Gasteiger charge is -2.10. The molecule has 0 radical (unpaired) electrons. The van der Waals surface area contributed by atoms with E-state index in [1.165, 1.54) is 11.3 Å². The third kappa shape index (κ3) is 3.03. The third-order valence-corrected chi connectivity index (χ3v) is 5.36. The molecular formula is C21H16N2O3S. The van der Waals surface area contributed by atoms with Gasteiger partial charge in [-0.1, -0.05) is 6.07 Å². The van der Waals surface area contributed by atoms with Crippen LogP contribution in [0.15, 0.2) is 47.4 Å². The summed E-state index contributed by atoms with van der Waals surface area (Å²) in [6, 6.07) is 13.3. The van der Waals surface area contributed by atoms with Crippen LogP contribution >= 0.6 is 11.3 Å². The van der Waals surface area contributed by atoms with Crippen molar-refractivity contribution >= 4 is 23.2 Å². The minimum Gasteiger partial charge on any atom is -0.454 e. The Labute approximate surface area is 160 Å². The molecule has 6 heteroatoms. The maximum Gasteiger partial charge on any atom is 0.231 e. The molecule has 1 aliphatic rings. The number of fused-ring (bicyclic) bond motifs is 1. The first-order valence-electron chi connectivity index (χ1n) is 8.37. The van der Waals surface area contributed by atoms with Crippen molar-refractivity contribution in [2.45, 2.75) is 13.8 Å². The molecule has 1 aliphatic heterocycles. The highest BCUT2D eigenvalue weighted by molar-refractivity contribution is 7.12. The molecule has 0 fully saturated rings. The molecule has 3 aromatic rings. The number of rotatable bonds is 4. The van der Waals surface area contributed by atoms with E-state index in [9.17, 15) is 10.1 Å². The number of nitrogens with zero attached hydrogens (tertiary/aromatic N) is 2. The number of hydrogen-bond donors (Lipinski definition) is 0. The average molecular weight is 376 g/mol. The van der Waals surface area contributed by atoms with Gasteiger partial charge in [-0.25, -0.2) is 0 Å². The van der Waals surface area contributed by atoms with E-state index in [-0.39, 0.29) is 18.1 Å². The Morgan fingerprint density at radius 1 is 1.22 bits per heavy atom. The van der Waals surface area contributed by atoms with Gasteiger partial charge >= 0.3 is 0 Å². The van der Waals surface area contributed by atoms with E-state index in [2.05, 4.69) is 4.57 Å². The fourth-order valence-electron chi connectivity index (χ4n) is 3.20. The van der Waals surface area contributed by atoms with Crippen LogP contribution in [0, 0.1) is 25.2 Å². The number of allylic oxidation sites excluding steroid dienone is 1. The van der Waals surface area contributed by atoms with Gasteiger partial charge in [-0.3, -0.25) is 4.79 Å². The number of carbonyl (C=O) groups excluding carboxylic acids is 1. The molecule has 2 aromatic heterocycles. The zero-order valence-corrected chi connectivity index (χ0v) is 15.7. The largest absolute Gasteiger partial charge is 0.454 e. The number of nitriles is 1. The van der Waals surface area contributed by atoms with Crippen LogP contribution in [-0.2, 0) is 0 Å². The van der Waals surface area contributed by atoms with Gasteiger partial charge in [0.1, 0.15) is 11.6 Å². The van der Waals surface area contributed by atoms with Crippen LogP contribution in [0.3, 0.4) is 0 Å². The van der Waals surface area contributed by atoms with Crippen molar-refractivity contribution in [2.24, 2.45) is 0 Å². The quantitative estimate of drug-likeness (QED) is 0.377. The number of aryl methyl sites for hydroxylation is 1. The zero-order valence-electron chi connectivity index (χ0n) is 14.9. The Morgan fingerprint density at radius 3 is 2.78 bits per heavy atom. The van der Waals surface area contributed by atoms with Crippen molar-refractivity contribution < 1.29 is 14.3 Å². The summed E-state index contributed by atoms with van der Waals surface area (Å²) in [5.41, 5.74) is 3.85. The first-order valence-corrected chi connectivity index (χ1v) is 9.25. The maximum absolute atomic E-state index is 12.5. The Kier molecular flexibility index (Phi) is 4.30. The predicted octanol–water partition coefficient (Wildman–Crippen LogP) is 4.67. The van der Waals surface area contributed by atoms with Gasteiger partial charge in [0.05, 0.1) is 4.88 Å². The molecule has 134 valence electrons. The Bertz CT molecular complexity index is 1100. The average Bonchev–Trinajstić information content (AvgIpc) is 3.39. The summed E-state index contributed by atoms with van der Waals surface area (Å²) in [4.78, 5) is 13.1. The Hall–Kier alpha value is -3.30. The molecule has 5 nitrogen and oxygen atoms in total. The lowest BCUT2D eigenvalue weighted by molar-refractivity contribution is 0.104. The summed E-state index contributed by atoms with van der Waals surface area (Å²) in [5.74, 6) is 1.19. The molecule has 0 atom stereocenters. The number of hydrogen-bond acceptors (Lipinski definition) is 5. The Balaban J connectivity index is 1.74. The molecule has 0 N–H and O–H groups in total. The van der Waals surface area contributed by atoms with Gasteiger partial charge in [0.25, 0.3) is 0 Å². The van der Waals surface area contributed by atoms with E-state index >= 15 is 0 Å². The molecule has 0 bridgehead atoms. The number of Topliss-reactive ketones (excluding diaryl/α,β-unsaturated/α-hetero) is 1. The lowest BCUT2D eigenvalue weighted by atomic mass is 10.1. The topological polar surface area (TPSA) is 64.2 Å². The number of ketones is 1. The second-order valence-corrected chi connectivity index (χ2v) is 7.12. The highest BCUT2D eigenvalue weighted by Gasteiger charge is 2.18. The maximum atomic E-state index is 12.5. The molecule has 1 aromatic carbocycles. The molecule has 0 aliphatic carbocycles. The fraction of sp³-hybridized carbons (Fsp3) is 0.143. The molecule has 3 heterocycles. The lowest BCUT2D eigenvalue weighted by Crippen LogP contribution is -2.00. The number of carbonyl (C=O) groups is 1. The van der Waals surface area contributed by atoms with E-state index in [1.807, 2.05) is 49.6 Å². The van der Waals surface area contributed by atoms with Gasteiger partial charge in [0.2, 0.25) is 12.6 Å². The van der Waals surface area contributed by atoms with E-state index < -0.39 is 0 Å².